The predicted octanol–water partition coefficient (Wildman–Crippen LogP) is 3.11. The van der Waals surface area contributed by atoms with Crippen molar-refractivity contribution in [3.8, 4) is 0 Å². The Morgan fingerprint density at radius 3 is 2.55 bits per heavy atom. The smallest absolute Gasteiger partial charge is 0.257 e. The highest BCUT2D eigenvalue weighted by Crippen LogP contribution is 2.46. The number of aromatic nitrogens is 1. The highest BCUT2D eigenvalue weighted by atomic mass is 35.5. The van der Waals surface area contributed by atoms with Gasteiger partial charge in [0.15, 0.2) is 0 Å². The second kappa shape index (κ2) is 5.24. The van der Waals surface area contributed by atoms with E-state index in [-0.39, 0.29) is 11.1 Å². The van der Waals surface area contributed by atoms with E-state index in [9.17, 15) is 4.79 Å². The average Bonchev–Trinajstić information content (AvgIpc) is 2.90. The number of rotatable bonds is 1. The van der Waals surface area contributed by atoms with E-state index in [1.807, 2.05) is 4.90 Å². The summed E-state index contributed by atoms with van der Waals surface area (Å²) in [5.41, 5.74) is 7.10. The molecule has 1 spiro atoms. The van der Waals surface area contributed by atoms with Crippen LogP contribution in [0.4, 0.5) is 5.69 Å². The molecular weight excluding hydrogens is 274 g/mol. The summed E-state index contributed by atoms with van der Waals surface area (Å²) in [6.45, 7) is 1.65. The Bertz CT molecular complexity index is 516. The van der Waals surface area contributed by atoms with E-state index in [4.69, 9.17) is 17.3 Å². The molecule has 0 radical (unpaired) electrons. The first-order valence-electron chi connectivity index (χ1n) is 7.30. The zero-order valence-corrected chi connectivity index (χ0v) is 12.3. The summed E-state index contributed by atoms with van der Waals surface area (Å²) < 4.78 is 0. The maximum absolute atomic E-state index is 12.5. The summed E-state index contributed by atoms with van der Waals surface area (Å²) in [5, 5.41) is 0.241. The molecule has 3 rings (SSSR count). The first-order valence-corrected chi connectivity index (χ1v) is 7.68. The van der Waals surface area contributed by atoms with Gasteiger partial charge in [0.1, 0.15) is 5.15 Å². The summed E-state index contributed by atoms with van der Waals surface area (Å²) in [6, 6.07) is 1.62. The van der Waals surface area contributed by atoms with Crippen molar-refractivity contribution in [3.05, 3.63) is 23.0 Å². The lowest BCUT2D eigenvalue weighted by Crippen LogP contribution is -2.42. The third kappa shape index (κ3) is 2.49. The molecule has 2 aliphatic rings. The molecule has 0 bridgehead atoms. The van der Waals surface area contributed by atoms with E-state index in [2.05, 4.69) is 4.98 Å². The number of carbonyl (C=O) groups excluding carboxylic acids is 1. The maximum Gasteiger partial charge on any atom is 0.257 e. The second-order valence-electron chi connectivity index (χ2n) is 6.11. The number of nitrogens with two attached hydrogens (primary N) is 1. The quantitative estimate of drug-likeness (QED) is 0.809. The number of hydrogen-bond acceptors (Lipinski definition) is 3. The van der Waals surface area contributed by atoms with Gasteiger partial charge in [-0.2, -0.15) is 0 Å². The van der Waals surface area contributed by atoms with Crippen LogP contribution in [0, 0.1) is 5.41 Å². The van der Waals surface area contributed by atoms with Crippen molar-refractivity contribution in [2.75, 3.05) is 18.8 Å². The van der Waals surface area contributed by atoms with Crippen molar-refractivity contribution in [1.29, 1.82) is 0 Å². The minimum absolute atomic E-state index is 0.0392. The molecule has 1 aliphatic heterocycles. The van der Waals surface area contributed by atoms with Crippen LogP contribution < -0.4 is 5.73 Å². The van der Waals surface area contributed by atoms with Crippen molar-refractivity contribution >= 4 is 23.2 Å². The van der Waals surface area contributed by atoms with Gasteiger partial charge in [-0.1, -0.05) is 24.4 Å². The van der Waals surface area contributed by atoms with Crippen LogP contribution in [0.3, 0.4) is 0 Å². The van der Waals surface area contributed by atoms with Gasteiger partial charge in [0.2, 0.25) is 0 Å². The predicted molar refractivity (Wildman–Crippen MR) is 79.7 cm³/mol. The number of nitrogen functional groups attached to an aromatic ring is 1. The van der Waals surface area contributed by atoms with E-state index in [1.54, 1.807) is 6.07 Å². The molecule has 0 atom stereocenters. The van der Waals surface area contributed by atoms with E-state index >= 15 is 0 Å². The minimum atomic E-state index is -0.0392. The minimum Gasteiger partial charge on any atom is -0.397 e. The van der Waals surface area contributed by atoms with Crippen LogP contribution in [0.25, 0.3) is 0 Å². The molecule has 20 heavy (non-hydrogen) atoms. The molecule has 0 unspecified atom stereocenters. The standard InChI is InChI=1S/C15H20ClN3O/c16-13-12(9-11(17)10-18-13)14(20)19-7-5-15(6-8-19)3-1-2-4-15/h9-10H,1-8,17H2. The second-order valence-corrected chi connectivity index (χ2v) is 6.46. The number of amides is 1. The number of halogens is 1. The van der Waals surface area contributed by atoms with Crippen molar-refractivity contribution in [2.45, 2.75) is 38.5 Å². The summed E-state index contributed by atoms with van der Waals surface area (Å²) in [4.78, 5) is 18.4. The Kier molecular flexibility index (Phi) is 3.59. The van der Waals surface area contributed by atoms with Crippen LogP contribution in [0.5, 0.6) is 0 Å². The van der Waals surface area contributed by atoms with Gasteiger partial charge in [0.05, 0.1) is 17.4 Å². The van der Waals surface area contributed by atoms with Crippen LogP contribution in [0.15, 0.2) is 12.3 Å². The first kappa shape index (κ1) is 13.7. The highest BCUT2D eigenvalue weighted by molar-refractivity contribution is 6.32. The van der Waals surface area contributed by atoms with Crippen LogP contribution in [0.1, 0.15) is 48.9 Å². The molecule has 5 heteroatoms. The molecule has 1 saturated heterocycles. The molecular formula is C15H20ClN3O. The van der Waals surface area contributed by atoms with Gasteiger partial charge in [-0.05, 0) is 37.2 Å². The molecule has 4 nitrogen and oxygen atoms in total. The summed E-state index contributed by atoms with van der Waals surface area (Å²) >= 11 is 6.02. The lowest BCUT2D eigenvalue weighted by molar-refractivity contribution is 0.0587. The van der Waals surface area contributed by atoms with E-state index in [0.717, 1.165) is 25.9 Å². The normalized spacial score (nSPS) is 21.4. The van der Waals surface area contributed by atoms with Gasteiger partial charge in [-0.25, -0.2) is 4.98 Å². The number of anilines is 1. The number of pyridine rings is 1. The monoisotopic (exact) mass is 293 g/mol. The van der Waals surface area contributed by atoms with Crippen molar-refractivity contribution in [1.82, 2.24) is 9.88 Å². The Morgan fingerprint density at radius 1 is 1.25 bits per heavy atom. The van der Waals surface area contributed by atoms with Gasteiger partial charge in [-0.3, -0.25) is 4.79 Å². The van der Waals surface area contributed by atoms with Gasteiger partial charge in [-0.15, -0.1) is 0 Å². The molecule has 2 fully saturated rings. The zero-order chi connectivity index (χ0) is 14.2. The number of hydrogen-bond donors (Lipinski definition) is 1. The summed E-state index contributed by atoms with van der Waals surface area (Å²) in [7, 11) is 0. The molecule has 1 aromatic heterocycles. The number of likely N-dealkylation sites (tertiary alicyclic amines) is 1. The van der Waals surface area contributed by atoms with Crippen molar-refractivity contribution in [3.63, 3.8) is 0 Å². The fourth-order valence-corrected chi connectivity index (χ4v) is 3.78. The molecule has 2 N–H and O–H groups in total. The SMILES string of the molecule is Nc1cnc(Cl)c(C(=O)N2CCC3(CCCC3)CC2)c1. The molecule has 1 aromatic rings. The Balaban J connectivity index is 1.71. The Morgan fingerprint density at radius 2 is 1.90 bits per heavy atom. The van der Waals surface area contributed by atoms with Crippen molar-refractivity contribution in [2.24, 2.45) is 5.41 Å². The maximum atomic E-state index is 12.5. The van der Waals surface area contributed by atoms with E-state index in [1.165, 1.54) is 31.9 Å². The third-order valence-corrected chi connectivity index (χ3v) is 5.17. The third-order valence-electron chi connectivity index (χ3n) is 4.87. The Labute approximate surface area is 124 Å². The van der Waals surface area contributed by atoms with Gasteiger partial charge in [0, 0.05) is 13.1 Å². The number of carbonyl (C=O) groups is 1. The fraction of sp³-hybridized carbons (Fsp3) is 0.600. The summed E-state index contributed by atoms with van der Waals surface area (Å²) in [6.07, 6.45) is 9.06. The summed E-state index contributed by atoms with van der Waals surface area (Å²) in [5.74, 6) is -0.0392. The topological polar surface area (TPSA) is 59.2 Å². The van der Waals surface area contributed by atoms with Gasteiger partial charge >= 0.3 is 0 Å². The van der Waals surface area contributed by atoms with Crippen LogP contribution in [-0.2, 0) is 0 Å². The molecule has 2 heterocycles. The zero-order valence-electron chi connectivity index (χ0n) is 11.6. The highest BCUT2D eigenvalue weighted by Gasteiger charge is 2.38. The average molecular weight is 294 g/mol. The Hall–Kier alpha value is -1.29. The number of nitrogens with zero attached hydrogens (tertiary/aromatic N) is 2. The van der Waals surface area contributed by atoms with E-state index in [0.29, 0.717) is 16.7 Å². The van der Waals surface area contributed by atoms with Crippen LogP contribution in [-0.4, -0.2) is 28.9 Å². The first-order chi connectivity index (χ1) is 9.60. The fourth-order valence-electron chi connectivity index (χ4n) is 3.59. The van der Waals surface area contributed by atoms with E-state index < -0.39 is 0 Å². The molecule has 108 valence electrons. The largest absolute Gasteiger partial charge is 0.397 e. The van der Waals surface area contributed by atoms with Gasteiger partial charge < -0.3 is 10.6 Å². The molecule has 1 amide bonds. The lowest BCUT2D eigenvalue weighted by atomic mass is 9.77. The lowest BCUT2D eigenvalue weighted by Gasteiger charge is -2.39. The molecule has 0 aromatic carbocycles. The van der Waals surface area contributed by atoms with Crippen LogP contribution in [0.2, 0.25) is 5.15 Å². The van der Waals surface area contributed by atoms with Gasteiger partial charge in [0.25, 0.3) is 5.91 Å². The van der Waals surface area contributed by atoms with Crippen LogP contribution >= 0.6 is 11.6 Å². The molecule has 1 saturated carbocycles. The van der Waals surface area contributed by atoms with Crippen molar-refractivity contribution < 1.29 is 4.79 Å². The number of piperidine rings is 1. The molecule has 1 aliphatic carbocycles.